The lowest BCUT2D eigenvalue weighted by molar-refractivity contribution is 0.399. The molecule has 1 nitrogen and oxygen atoms in total. The van der Waals surface area contributed by atoms with Gasteiger partial charge in [-0.2, -0.15) is 0 Å². The Morgan fingerprint density at radius 3 is 0.812 bits per heavy atom. The molecule has 0 aromatic carbocycles. The molecule has 0 heterocycles. The van der Waals surface area contributed by atoms with Crippen LogP contribution < -0.4 is 0 Å². The molecule has 0 rings (SSSR count). The summed E-state index contributed by atoms with van der Waals surface area (Å²) < 4.78 is 0. The molecule has 98 valence electrons. The fourth-order valence-corrected chi connectivity index (χ4v) is 0. The lowest BCUT2D eigenvalue weighted by Gasteiger charge is -1.48. The van der Waals surface area contributed by atoms with E-state index in [-0.39, 0.29) is 0 Å². The van der Waals surface area contributed by atoms with E-state index in [2.05, 4.69) is 51.9 Å². The third kappa shape index (κ3) is 926. The zero-order valence-electron chi connectivity index (χ0n) is 12.5. The standard InChI is InChI=1S/C3H8.C3H4.2C2H6.2C2H2.CH4O/c2*1-3-2;5*1-2/h3H2,1-2H3;1H,2H3;2*1-2H3;2*1-2H;2H,1H3. The molecule has 0 spiro atoms. The van der Waals surface area contributed by atoms with Crippen molar-refractivity contribution in [2.45, 2.75) is 54.9 Å². The first-order chi connectivity index (χ1) is 7.83. The summed E-state index contributed by atoms with van der Waals surface area (Å²) in [6.45, 7) is 13.9. The Kier molecular flexibility index (Phi) is 15500. The first-order valence-corrected chi connectivity index (χ1v) is 5.32. The van der Waals surface area contributed by atoms with E-state index in [0.717, 1.165) is 7.11 Å². The van der Waals surface area contributed by atoms with Gasteiger partial charge in [0.15, 0.2) is 0 Å². The number of aliphatic hydroxyl groups excluding tert-OH is 1. The molecule has 0 fully saturated rings. The van der Waals surface area contributed by atoms with Crippen LogP contribution in [0.2, 0.25) is 0 Å². The van der Waals surface area contributed by atoms with Gasteiger partial charge in [0.2, 0.25) is 0 Å². The van der Waals surface area contributed by atoms with Crippen molar-refractivity contribution >= 4 is 0 Å². The van der Waals surface area contributed by atoms with E-state index in [9.17, 15) is 0 Å². The smallest absolute Gasteiger partial charge is 0.0319 e. The number of aliphatic hydroxyl groups is 1. The van der Waals surface area contributed by atoms with Crippen LogP contribution in [-0.4, -0.2) is 12.2 Å². The van der Waals surface area contributed by atoms with Crippen LogP contribution >= 0.6 is 0 Å². The van der Waals surface area contributed by atoms with E-state index in [0.29, 0.717) is 0 Å². The molecular formula is C15H32O. The Balaban J connectivity index is -0.0000000120. The molecule has 1 N–H and O–H groups in total. The van der Waals surface area contributed by atoms with E-state index in [4.69, 9.17) is 5.11 Å². The fraction of sp³-hybridized carbons (Fsp3) is 0.600. The molecule has 1 heteroatoms. The highest BCUT2D eigenvalue weighted by molar-refractivity contribution is 4.73. The van der Waals surface area contributed by atoms with Gasteiger partial charge in [-0.1, -0.05) is 48.0 Å². The normalized spacial score (nSPS) is 3.00. The monoisotopic (exact) mass is 228 g/mol. The van der Waals surface area contributed by atoms with Gasteiger partial charge in [-0.3, -0.25) is 0 Å². The number of terminal acetylenes is 3. The van der Waals surface area contributed by atoms with E-state index in [1.165, 1.54) is 6.42 Å². The highest BCUT2D eigenvalue weighted by Crippen LogP contribution is 1.56. The van der Waals surface area contributed by atoms with Gasteiger partial charge in [-0.25, -0.2) is 0 Å². The van der Waals surface area contributed by atoms with Crippen molar-refractivity contribution in [3.63, 3.8) is 0 Å². The second-order valence-electron chi connectivity index (χ2n) is 0.996. The molecule has 0 aromatic heterocycles. The average Bonchev–Trinajstić information content (AvgIpc) is 2.42. The Hall–Kier alpha value is -1.36. The number of hydrogen-bond donors (Lipinski definition) is 1. The Morgan fingerprint density at radius 2 is 0.812 bits per heavy atom. The van der Waals surface area contributed by atoms with E-state index in [1.54, 1.807) is 6.92 Å². The number of rotatable bonds is 0. The first-order valence-electron chi connectivity index (χ1n) is 5.32. The summed E-state index contributed by atoms with van der Waals surface area (Å²) in [7, 11) is 1.00. The Labute approximate surface area is 106 Å². The van der Waals surface area contributed by atoms with Gasteiger partial charge in [0.05, 0.1) is 0 Å². The van der Waals surface area contributed by atoms with Gasteiger partial charge in [0, 0.05) is 7.11 Å². The van der Waals surface area contributed by atoms with Crippen molar-refractivity contribution in [1.82, 2.24) is 0 Å². The minimum atomic E-state index is 1.00. The molecule has 0 aliphatic heterocycles. The van der Waals surface area contributed by atoms with Crippen molar-refractivity contribution in [2.24, 2.45) is 0 Å². The largest absolute Gasteiger partial charge is 0.400 e. The van der Waals surface area contributed by atoms with Crippen molar-refractivity contribution in [2.75, 3.05) is 7.11 Å². The summed E-state index contributed by atoms with van der Waals surface area (Å²) in [4.78, 5) is 0. The molecule has 0 saturated heterocycles. The maximum absolute atomic E-state index is 7.00. The van der Waals surface area contributed by atoms with Crippen LogP contribution in [0.4, 0.5) is 0 Å². The summed E-state index contributed by atoms with van der Waals surface area (Å²) in [6.07, 6.45) is 21.8. The summed E-state index contributed by atoms with van der Waals surface area (Å²) in [5, 5.41) is 7.00. The van der Waals surface area contributed by atoms with Crippen LogP contribution in [0.5, 0.6) is 0 Å². The lowest BCUT2D eigenvalue weighted by atomic mass is 10.6. The van der Waals surface area contributed by atoms with E-state index < -0.39 is 0 Å². The second kappa shape index (κ2) is 5320. The molecule has 16 heavy (non-hydrogen) atoms. The minimum Gasteiger partial charge on any atom is -0.400 e. The van der Waals surface area contributed by atoms with Crippen molar-refractivity contribution in [1.29, 1.82) is 0 Å². The van der Waals surface area contributed by atoms with Crippen LogP contribution in [0.3, 0.4) is 0 Å². The van der Waals surface area contributed by atoms with Gasteiger partial charge < -0.3 is 5.11 Å². The molecule has 0 bridgehead atoms. The molecule has 0 aromatic rings. The van der Waals surface area contributed by atoms with Crippen LogP contribution in [0.15, 0.2) is 0 Å². The summed E-state index contributed by atoms with van der Waals surface area (Å²) in [5.74, 6) is 2.25. The third-order valence-electron chi connectivity index (χ3n) is 0. The van der Waals surface area contributed by atoms with Crippen LogP contribution in [0.1, 0.15) is 54.9 Å². The molecule has 0 unspecified atom stereocenters. The lowest BCUT2D eigenvalue weighted by Crippen LogP contribution is -1.27. The van der Waals surface area contributed by atoms with Gasteiger partial charge in [0.25, 0.3) is 0 Å². The van der Waals surface area contributed by atoms with Gasteiger partial charge >= 0.3 is 0 Å². The predicted molar refractivity (Wildman–Crippen MR) is 81.1 cm³/mol. The topological polar surface area (TPSA) is 20.2 Å². The zero-order valence-corrected chi connectivity index (χ0v) is 12.5. The second-order valence-corrected chi connectivity index (χ2v) is 0.996. The van der Waals surface area contributed by atoms with Crippen LogP contribution in [0.25, 0.3) is 0 Å². The predicted octanol–water partition coefficient (Wildman–Crippen LogP) is 4.22. The van der Waals surface area contributed by atoms with Crippen LogP contribution in [-0.2, 0) is 0 Å². The van der Waals surface area contributed by atoms with Crippen molar-refractivity contribution < 1.29 is 5.11 Å². The zero-order chi connectivity index (χ0) is 15.4. The van der Waals surface area contributed by atoms with Crippen LogP contribution in [0, 0.1) is 38.0 Å². The summed E-state index contributed by atoms with van der Waals surface area (Å²) in [5.41, 5.74) is 0. The highest BCUT2D eigenvalue weighted by Gasteiger charge is 1.35. The SMILES string of the molecule is C#C.C#C.C#CC.CC.CC.CCC.CO. The highest BCUT2D eigenvalue weighted by atomic mass is 16.2. The maximum Gasteiger partial charge on any atom is 0.0319 e. The van der Waals surface area contributed by atoms with Crippen molar-refractivity contribution in [3.05, 3.63) is 0 Å². The van der Waals surface area contributed by atoms with E-state index >= 15 is 0 Å². The third-order valence-corrected chi connectivity index (χ3v) is 0. The number of hydrogen-bond acceptors (Lipinski definition) is 1. The molecule has 0 aliphatic rings. The fourth-order valence-electron chi connectivity index (χ4n) is 0. The first kappa shape index (κ1) is 46.7. The molecule has 0 atom stereocenters. The Bertz CT molecular complexity index is 76.6. The summed E-state index contributed by atoms with van der Waals surface area (Å²) in [6, 6.07) is 0. The average molecular weight is 228 g/mol. The summed E-state index contributed by atoms with van der Waals surface area (Å²) >= 11 is 0. The van der Waals surface area contributed by atoms with Crippen molar-refractivity contribution in [3.8, 4) is 38.0 Å². The Morgan fingerprint density at radius 1 is 0.812 bits per heavy atom. The minimum absolute atomic E-state index is 1.00. The molecule has 0 radical (unpaired) electrons. The molecule has 0 amide bonds. The maximum atomic E-state index is 7.00. The molecule has 0 aliphatic carbocycles. The van der Waals surface area contributed by atoms with E-state index in [1.807, 2.05) is 27.7 Å². The molecular weight excluding hydrogens is 196 g/mol. The van der Waals surface area contributed by atoms with Gasteiger partial charge in [0.1, 0.15) is 0 Å². The van der Waals surface area contributed by atoms with Gasteiger partial charge in [-0.05, 0) is 6.92 Å². The molecule has 0 saturated carbocycles. The van der Waals surface area contributed by atoms with Gasteiger partial charge in [-0.15, -0.1) is 38.0 Å². The quantitative estimate of drug-likeness (QED) is 0.616.